The zero-order valence-corrected chi connectivity index (χ0v) is 35.6. The minimum Gasteiger partial charge on any atom is -0.461 e. The van der Waals surface area contributed by atoms with Crippen LogP contribution in [0.5, 0.6) is 0 Å². The number of nitrogens with one attached hydrogen (secondary N) is 4. The molecular weight excluding hydrogens is 729 g/mol. The molecule has 0 saturated carbocycles. The highest BCUT2D eigenvalue weighted by molar-refractivity contribution is 5.77. The summed E-state index contributed by atoms with van der Waals surface area (Å²) in [6.45, 7) is 8.85. The monoisotopic (exact) mass is 805 g/mol. The zero-order valence-electron chi connectivity index (χ0n) is 35.6. The molecule has 0 atom stereocenters. The number of rotatable bonds is 38. The number of ether oxygens (including phenoxy) is 4. The maximum atomic E-state index is 13.4. The Balaban J connectivity index is 2.65. The topological polar surface area (TPSA) is 170 Å². The normalized spacial score (nSPS) is 11.2. The lowest BCUT2D eigenvalue weighted by Crippen LogP contribution is -2.58. The van der Waals surface area contributed by atoms with Crippen LogP contribution in [0, 0.1) is 0 Å². The Kier molecular flexibility index (Phi) is 32.1. The Labute approximate surface area is 343 Å². The number of amides is 4. The molecule has 4 N–H and O–H groups in total. The summed E-state index contributed by atoms with van der Waals surface area (Å²) in [6.07, 6.45) is 14.5. The van der Waals surface area contributed by atoms with E-state index in [-0.39, 0.29) is 88.5 Å². The standard InChI is InChI=1S/C44H76N4O9/c1-4-7-28-45-39(49)25-31-54-35-44(36-55-32-26-40(50)46-29-8-5-2,37-56-33-27-41(51)47-30-9-6-3)48-42(52)23-19-14-12-10-11-13-15-20-24-43(53)57-34-38-21-17-16-18-22-38/h16-18,21-22H,4-15,19-20,23-37H2,1-3H3,(H,45,49)(H,46,50)(H,47,51)(H,48,52). The van der Waals surface area contributed by atoms with Gasteiger partial charge in [-0.3, -0.25) is 24.0 Å². The number of esters is 1. The number of benzene rings is 1. The molecule has 0 unspecified atom stereocenters. The minimum absolute atomic E-state index is 0.0249. The van der Waals surface area contributed by atoms with Gasteiger partial charge >= 0.3 is 5.97 Å². The molecule has 0 bridgehead atoms. The van der Waals surface area contributed by atoms with Crippen LogP contribution in [0.15, 0.2) is 30.3 Å². The van der Waals surface area contributed by atoms with Gasteiger partial charge < -0.3 is 40.2 Å². The fraction of sp³-hybridized carbons (Fsp3) is 0.750. The Morgan fingerprint density at radius 1 is 0.491 bits per heavy atom. The fourth-order valence-corrected chi connectivity index (χ4v) is 5.79. The second kappa shape index (κ2) is 35.6. The maximum Gasteiger partial charge on any atom is 0.306 e. The number of carbonyl (C=O) groups excluding carboxylic acids is 5. The highest BCUT2D eigenvalue weighted by atomic mass is 16.5. The van der Waals surface area contributed by atoms with E-state index in [1.54, 1.807) is 0 Å². The molecule has 1 aromatic rings. The minimum atomic E-state index is -1.10. The fourth-order valence-electron chi connectivity index (χ4n) is 5.79. The van der Waals surface area contributed by atoms with E-state index in [1.807, 2.05) is 30.3 Å². The van der Waals surface area contributed by atoms with E-state index in [4.69, 9.17) is 18.9 Å². The van der Waals surface area contributed by atoms with Crippen molar-refractivity contribution in [1.29, 1.82) is 0 Å². The van der Waals surface area contributed by atoms with Gasteiger partial charge in [-0.2, -0.15) is 0 Å². The molecule has 0 fully saturated rings. The van der Waals surface area contributed by atoms with Gasteiger partial charge in [-0.15, -0.1) is 0 Å². The van der Waals surface area contributed by atoms with Crippen LogP contribution < -0.4 is 21.3 Å². The summed E-state index contributed by atoms with van der Waals surface area (Å²) < 4.78 is 23.3. The van der Waals surface area contributed by atoms with Crippen molar-refractivity contribution in [1.82, 2.24) is 21.3 Å². The number of carbonyl (C=O) groups is 5. The Morgan fingerprint density at radius 3 is 1.32 bits per heavy atom. The first-order valence-corrected chi connectivity index (χ1v) is 21.8. The molecule has 13 heteroatoms. The lowest BCUT2D eigenvalue weighted by atomic mass is 10.0. The lowest BCUT2D eigenvalue weighted by molar-refractivity contribution is -0.145. The first kappa shape index (κ1) is 51.5. The molecule has 0 radical (unpaired) electrons. The predicted molar refractivity (Wildman–Crippen MR) is 223 cm³/mol. The second-order valence-electron chi connectivity index (χ2n) is 14.8. The van der Waals surface area contributed by atoms with Crippen molar-refractivity contribution in [3.8, 4) is 0 Å². The van der Waals surface area contributed by atoms with E-state index >= 15 is 0 Å². The zero-order chi connectivity index (χ0) is 41.7. The Hall–Kier alpha value is -3.55. The molecule has 0 aliphatic carbocycles. The van der Waals surface area contributed by atoms with E-state index in [2.05, 4.69) is 42.0 Å². The molecule has 1 aromatic carbocycles. The number of unbranched alkanes of at least 4 members (excludes halogenated alkanes) is 10. The van der Waals surface area contributed by atoms with Gasteiger partial charge in [0.1, 0.15) is 12.1 Å². The van der Waals surface area contributed by atoms with Crippen LogP contribution in [-0.4, -0.2) is 94.4 Å². The van der Waals surface area contributed by atoms with Crippen molar-refractivity contribution < 1.29 is 42.9 Å². The van der Waals surface area contributed by atoms with E-state index in [1.165, 1.54) is 0 Å². The Bertz CT molecular complexity index is 1130. The van der Waals surface area contributed by atoms with Crippen LogP contribution in [0.4, 0.5) is 0 Å². The first-order chi connectivity index (χ1) is 27.7. The number of hydrogen-bond donors (Lipinski definition) is 4. The maximum absolute atomic E-state index is 13.4. The van der Waals surface area contributed by atoms with Gasteiger partial charge in [0.25, 0.3) is 0 Å². The quantitative estimate of drug-likeness (QED) is 0.0433. The summed E-state index contributed by atoms with van der Waals surface area (Å²) >= 11 is 0. The average Bonchev–Trinajstić information content (AvgIpc) is 3.20. The van der Waals surface area contributed by atoms with Crippen LogP contribution in [0.25, 0.3) is 0 Å². The summed E-state index contributed by atoms with van der Waals surface area (Å²) in [7, 11) is 0. The lowest BCUT2D eigenvalue weighted by Gasteiger charge is -2.34. The van der Waals surface area contributed by atoms with Crippen molar-refractivity contribution in [2.45, 2.75) is 155 Å². The van der Waals surface area contributed by atoms with Crippen LogP contribution in [0.3, 0.4) is 0 Å². The third-order valence-electron chi connectivity index (χ3n) is 9.29. The summed E-state index contributed by atoms with van der Waals surface area (Å²) in [6, 6.07) is 9.68. The number of hydrogen-bond acceptors (Lipinski definition) is 9. The average molecular weight is 805 g/mol. The van der Waals surface area contributed by atoms with Crippen molar-refractivity contribution in [3.63, 3.8) is 0 Å². The Morgan fingerprint density at radius 2 is 0.895 bits per heavy atom. The smallest absolute Gasteiger partial charge is 0.306 e. The SMILES string of the molecule is CCCCNC(=O)CCOCC(COCCC(=O)NCCCC)(COCCC(=O)NCCCC)NC(=O)CCCCCCCCCCC(=O)OCc1ccccc1. The van der Waals surface area contributed by atoms with Crippen LogP contribution >= 0.6 is 0 Å². The highest BCUT2D eigenvalue weighted by Crippen LogP contribution is 2.14. The third-order valence-corrected chi connectivity index (χ3v) is 9.29. The summed E-state index contributed by atoms with van der Waals surface area (Å²) in [5, 5.41) is 11.8. The van der Waals surface area contributed by atoms with Gasteiger partial charge in [0, 0.05) is 51.7 Å². The molecule has 326 valence electrons. The van der Waals surface area contributed by atoms with Crippen molar-refractivity contribution in [3.05, 3.63) is 35.9 Å². The molecule has 1 rings (SSSR count). The van der Waals surface area contributed by atoms with E-state index in [0.29, 0.717) is 45.5 Å². The van der Waals surface area contributed by atoms with E-state index < -0.39 is 5.54 Å². The molecule has 0 saturated heterocycles. The molecular formula is C44H76N4O9. The van der Waals surface area contributed by atoms with Gasteiger partial charge in [0.05, 0.1) is 39.6 Å². The molecule has 0 spiro atoms. The van der Waals surface area contributed by atoms with Crippen molar-refractivity contribution in [2.75, 3.05) is 59.3 Å². The largest absolute Gasteiger partial charge is 0.461 e. The van der Waals surface area contributed by atoms with Gasteiger partial charge in [0.2, 0.25) is 23.6 Å². The van der Waals surface area contributed by atoms with Gasteiger partial charge in [-0.05, 0) is 37.7 Å². The predicted octanol–water partition coefficient (Wildman–Crippen LogP) is 6.45. The summed E-state index contributed by atoms with van der Waals surface area (Å²) in [5.41, 5.74) is -0.109. The van der Waals surface area contributed by atoms with Crippen molar-refractivity contribution >= 4 is 29.6 Å². The summed E-state index contributed by atoms with van der Waals surface area (Å²) in [4.78, 5) is 62.3. The van der Waals surface area contributed by atoms with E-state index in [9.17, 15) is 24.0 Å². The van der Waals surface area contributed by atoms with Gasteiger partial charge in [0.15, 0.2) is 0 Å². The highest BCUT2D eigenvalue weighted by Gasteiger charge is 2.34. The van der Waals surface area contributed by atoms with E-state index in [0.717, 1.165) is 89.0 Å². The molecule has 0 aromatic heterocycles. The van der Waals surface area contributed by atoms with Gasteiger partial charge in [-0.1, -0.05) is 109 Å². The van der Waals surface area contributed by atoms with Crippen LogP contribution in [0.2, 0.25) is 0 Å². The molecule has 0 aliphatic rings. The molecule has 13 nitrogen and oxygen atoms in total. The molecule has 0 aliphatic heterocycles. The molecule has 0 heterocycles. The first-order valence-electron chi connectivity index (χ1n) is 21.8. The second-order valence-corrected chi connectivity index (χ2v) is 14.8. The summed E-state index contributed by atoms with van der Waals surface area (Å²) in [5.74, 6) is -0.641. The third kappa shape index (κ3) is 30.2. The van der Waals surface area contributed by atoms with Crippen LogP contribution in [-0.2, 0) is 49.5 Å². The van der Waals surface area contributed by atoms with Gasteiger partial charge in [-0.25, -0.2) is 0 Å². The molecule has 57 heavy (non-hydrogen) atoms. The molecule has 4 amide bonds. The van der Waals surface area contributed by atoms with Crippen molar-refractivity contribution in [2.24, 2.45) is 0 Å². The van der Waals surface area contributed by atoms with Crippen LogP contribution in [0.1, 0.15) is 148 Å².